The van der Waals surface area contributed by atoms with Crippen molar-refractivity contribution in [1.82, 2.24) is 9.97 Å². The van der Waals surface area contributed by atoms with Crippen LogP contribution in [0.25, 0.3) is 10.6 Å². The minimum absolute atomic E-state index is 0.0719. The summed E-state index contributed by atoms with van der Waals surface area (Å²) in [7, 11) is 0. The fraction of sp³-hybridized carbons (Fsp3) is 0.286. The topological polar surface area (TPSA) is 58.1 Å². The van der Waals surface area contributed by atoms with Gasteiger partial charge in [0.2, 0.25) is 5.91 Å². The van der Waals surface area contributed by atoms with E-state index in [4.69, 9.17) is 0 Å². The summed E-state index contributed by atoms with van der Waals surface area (Å²) in [6.07, 6.45) is 5.63. The molecular weight excluding hydrogens is 436 g/mol. The molecule has 0 aliphatic carbocycles. The van der Waals surface area contributed by atoms with Gasteiger partial charge in [0.05, 0.1) is 17.8 Å². The number of carbonyl (C=O) groups excluding carboxylic acids is 1. The van der Waals surface area contributed by atoms with Crippen LogP contribution in [0.3, 0.4) is 0 Å². The number of anilines is 2. The first-order valence-corrected chi connectivity index (χ1v) is 11.1. The first-order chi connectivity index (χ1) is 13.7. The van der Waals surface area contributed by atoms with E-state index in [1.807, 2.05) is 41.8 Å². The molecular formula is C21H21BrN4OS. The summed E-state index contributed by atoms with van der Waals surface area (Å²) in [5.41, 5.74) is 2.60. The normalized spacial score (nSPS) is 14.1. The van der Waals surface area contributed by atoms with Crippen LogP contribution >= 0.6 is 27.3 Å². The molecule has 1 aromatic carbocycles. The van der Waals surface area contributed by atoms with Crippen molar-refractivity contribution in [3.05, 3.63) is 58.1 Å². The fourth-order valence-corrected chi connectivity index (χ4v) is 4.57. The van der Waals surface area contributed by atoms with Gasteiger partial charge in [0.25, 0.3) is 0 Å². The van der Waals surface area contributed by atoms with Crippen LogP contribution in [0.2, 0.25) is 0 Å². The molecule has 1 saturated heterocycles. The van der Waals surface area contributed by atoms with Crippen LogP contribution in [0.1, 0.15) is 25.0 Å². The van der Waals surface area contributed by atoms with Crippen molar-refractivity contribution in [1.29, 1.82) is 0 Å². The van der Waals surface area contributed by atoms with Gasteiger partial charge in [-0.25, -0.2) is 9.97 Å². The zero-order chi connectivity index (χ0) is 19.3. The molecule has 3 heterocycles. The molecule has 7 heteroatoms. The Labute approximate surface area is 177 Å². The average Bonchev–Trinajstić information content (AvgIpc) is 3.17. The molecule has 1 fully saturated rings. The van der Waals surface area contributed by atoms with E-state index in [2.05, 4.69) is 36.1 Å². The van der Waals surface area contributed by atoms with E-state index < -0.39 is 0 Å². The van der Waals surface area contributed by atoms with Crippen LogP contribution in [-0.2, 0) is 11.2 Å². The van der Waals surface area contributed by atoms with Gasteiger partial charge >= 0.3 is 0 Å². The maximum Gasteiger partial charge on any atom is 0.230 e. The molecule has 1 N–H and O–H groups in total. The molecule has 0 spiro atoms. The maximum absolute atomic E-state index is 12.6. The van der Waals surface area contributed by atoms with Crippen LogP contribution in [-0.4, -0.2) is 29.0 Å². The number of hydrogen-bond donors (Lipinski definition) is 1. The minimum Gasteiger partial charge on any atom is -0.355 e. The van der Waals surface area contributed by atoms with Crippen molar-refractivity contribution in [2.75, 3.05) is 23.3 Å². The lowest BCUT2D eigenvalue weighted by molar-refractivity contribution is -0.115. The SMILES string of the molecule is O=C(Cc1csc(-c2cccc(Br)c2)n1)Nc1cccnc1N1CCCCC1. The second-order valence-corrected chi connectivity index (χ2v) is 8.58. The van der Waals surface area contributed by atoms with Gasteiger partial charge in [0.15, 0.2) is 5.82 Å². The van der Waals surface area contributed by atoms with Crippen LogP contribution in [0.5, 0.6) is 0 Å². The summed E-state index contributed by atoms with van der Waals surface area (Å²) in [5.74, 6) is 0.793. The van der Waals surface area contributed by atoms with Gasteiger partial charge < -0.3 is 10.2 Å². The lowest BCUT2D eigenvalue weighted by Gasteiger charge is -2.29. The molecule has 0 bridgehead atoms. The van der Waals surface area contributed by atoms with E-state index in [0.717, 1.165) is 45.3 Å². The Morgan fingerprint density at radius 3 is 2.86 bits per heavy atom. The zero-order valence-electron chi connectivity index (χ0n) is 15.4. The van der Waals surface area contributed by atoms with Crippen LogP contribution < -0.4 is 10.2 Å². The molecule has 4 rings (SSSR count). The number of thiazole rings is 1. The van der Waals surface area contributed by atoms with E-state index in [1.54, 1.807) is 17.5 Å². The van der Waals surface area contributed by atoms with Gasteiger partial charge in [-0.15, -0.1) is 11.3 Å². The van der Waals surface area contributed by atoms with Gasteiger partial charge in [-0.3, -0.25) is 4.79 Å². The zero-order valence-corrected chi connectivity index (χ0v) is 17.8. The fourth-order valence-electron chi connectivity index (χ4n) is 3.35. The van der Waals surface area contributed by atoms with Crippen LogP contribution in [0, 0.1) is 0 Å². The van der Waals surface area contributed by atoms with Crippen molar-refractivity contribution in [2.24, 2.45) is 0 Å². The Balaban J connectivity index is 1.44. The minimum atomic E-state index is -0.0719. The summed E-state index contributed by atoms with van der Waals surface area (Å²) >= 11 is 5.04. The van der Waals surface area contributed by atoms with Gasteiger partial charge in [0.1, 0.15) is 5.01 Å². The summed E-state index contributed by atoms with van der Waals surface area (Å²) in [5, 5.41) is 5.89. The first kappa shape index (κ1) is 19.1. The number of benzene rings is 1. The predicted octanol–water partition coefficient (Wildman–Crippen LogP) is 5.14. The third kappa shape index (κ3) is 4.59. The summed E-state index contributed by atoms with van der Waals surface area (Å²) < 4.78 is 1.02. The Morgan fingerprint density at radius 1 is 1.18 bits per heavy atom. The third-order valence-corrected chi connectivity index (χ3v) is 6.11. The highest BCUT2D eigenvalue weighted by molar-refractivity contribution is 9.10. The molecule has 0 radical (unpaired) electrons. The molecule has 3 aromatic rings. The molecule has 1 aliphatic rings. The van der Waals surface area contributed by atoms with E-state index in [0.29, 0.717) is 0 Å². The largest absolute Gasteiger partial charge is 0.355 e. The number of amides is 1. The number of halogens is 1. The van der Waals surface area contributed by atoms with E-state index in [1.165, 1.54) is 19.3 Å². The first-order valence-electron chi connectivity index (χ1n) is 9.39. The standard InChI is InChI=1S/C21H21BrN4OS/c22-16-7-4-6-15(12-16)21-24-17(14-28-21)13-19(27)25-18-8-5-9-23-20(18)26-10-2-1-3-11-26/h4-9,12,14H,1-3,10-11,13H2,(H,25,27). The second kappa shape index (κ2) is 8.84. The highest BCUT2D eigenvalue weighted by atomic mass is 79.9. The van der Waals surface area contributed by atoms with Crippen molar-refractivity contribution in [3.8, 4) is 10.6 Å². The molecule has 1 amide bonds. The molecule has 144 valence electrons. The quantitative estimate of drug-likeness (QED) is 0.577. The molecule has 0 saturated carbocycles. The van der Waals surface area contributed by atoms with Gasteiger partial charge in [-0.05, 0) is 43.5 Å². The van der Waals surface area contributed by atoms with Crippen LogP contribution in [0.4, 0.5) is 11.5 Å². The lowest BCUT2D eigenvalue weighted by Crippen LogP contribution is -2.31. The Morgan fingerprint density at radius 2 is 2.04 bits per heavy atom. The van der Waals surface area contributed by atoms with Gasteiger partial charge in [-0.2, -0.15) is 0 Å². The monoisotopic (exact) mass is 456 g/mol. The Bertz CT molecular complexity index is 968. The lowest BCUT2D eigenvalue weighted by atomic mass is 10.1. The molecule has 1 aliphatic heterocycles. The number of pyridine rings is 1. The number of aromatic nitrogens is 2. The third-order valence-electron chi connectivity index (χ3n) is 4.68. The van der Waals surface area contributed by atoms with Crippen molar-refractivity contribution >= 4 is 44.7 Å². The van der Waals surface area contributed by atoms with E-state index >= 15 is 0 Å². The van der Waals surface area contributed by atoms with Gasteiger partial charge in [-0.1, -0.05) is 28.1 Å². The average molecular weight is 457 g/mol. The van der Waals surface area contributed by atoms with Crippen molar-refractivity contribution < 1.29 is 4.79 Å². The molecule has 28 heavy (non-hydrogen) atoms. The van der Waals surface area contributed by atoms with Gasteiger partial charge in [0, 0.05) is 34.7 Å². The summed E-state index contributed by atoms with van der Waals surface area (Å²) in [6, 6.07) is 11.8. The maximum atomic E-state index is 12.6. The molecule has 2 aromatic heterocycles. The number of rotatable bonds is 5. The Kier molecular flexibility index (Phi) is 6.02. The molecule has 0 unspecified atom stereocenters. The number of nitrogens with one attached hydrogen (secondary N) is 1. The van der Waals surface area contributed by atoms with E-state index in [-0.39, 0.29) is 12.3 Å². The number of nitrogens with zero attached hydrogens (tertiary/aromatic N) is 3. The smallest absolute Gasteiger partial charge is 0.230 e. The number of piperidine rings is 1. The highest BCUT2D eigenvalue weighted by Gasteiger charge is 2.17. The van der Waals surface area contributed by atoms with Crippen molar-refractivity contribution in [3.63, 3.8) is 0 Å². The van der Waals surface area contributed by atoms with Crippen LogP contribution in [0.15, 0.2) is 52.4 Å². The molecule has 5 nitrogen and oxygen atoms in total. The Hall–Kier alpha value is -2.25. The van der Waals surface area contributed by atoms with E-state index in [9.17, 15) is 4.79 Å². The number of hydrogen-bond acceptors (Lipinski definition) is 5. The summed E-state index contributed by atoms with van der Waals surface area (Å²) in [6.45, 7) is 1.98. The number of carbonyl (C=O) groups is 1. The molecule has 0 atom stereocenters. The predicted molar refractivity (Wildman–Crippen MR) is 118 cm³/mol. The highest BCUT2D eigenvalue weighted by Crippen LogP contribution is 2.28. The second-order valence-electron chi connectivity index (χ2n) is 6.80. The summed E-state index contributed by atoms with van der Waals surface area (Å²) in [4.78, 5) is 24.0. The van der Waals surface area contributed by atoms with Crippen molar-refractivity contribution in [2.45, 2.75) is 25.7 Å².